The van der Waals surface area contributed by atoms with Crippen LogP contribution < -0.4 is 0 Å². The van der Waals surface area contributed by atoms with Gasteiger partial charge in [0, 0.05) is 27.7 Å². The molecule has 3 rings (SSSR count). The molecule has 4 heteroatoms. The Bertz CT molecular complexity index is 841. The fourth-order valence-corrected chi connectivity index (χ4v) is 2.62. The topological polar surface area (TPSA) is 30.0 Å². The van der Waals surface area contributed by atoms with Gasteiger partial charge in [-0.1, -0.05) is 29.8 Å². The zero-order chi connectivity index (χ0) is 15.0. The monoisotopic (exact) mass is 315 g/mol. The quantitative estimate of drug-likeness (QED) is 0.605. The minimum Gasteiger partial charge on any atom is -0.276 e. The number of carbonyl (C=O) groups excluding carboxylic acids is 1. The minimum absolute atomic E-state index is 0.473. The second-order valence-corrected chi connectivity index (χ2v) is 5.61. The normalized spacial score (nSPS) is 10.8. The fraction of sp³-hybridized carbons (Fsp3) is 0.0588. The lowest BCUT2D eigenvalue weighted by Gasteiger charge is -2.08. The summed E-state index contributed by atoms with van der Waals surface area (Å²) in [6.07, 6.45) is 1.79. The molecular formula is C17H11Cl2NO. The molecule has 1 aromatic heterocycles. The Morgan fingerprint density at radius 3 is 2.43 bits per heavy atom. The average molecular weight is 316 g/mol. The van der Waals surface area contributed by atoms with Gasteiger partial charge >= 0.3 is 0 Å². The molecule has 0 fully saturated rings. The lowest BCUT2D eigenvalue weighted by molar-refractivity contribution is 0.108. The minimum atomic E-state index is -0.477. The van der Waals surface area contributed by atoms with E-state index in [4.69, 9.17) is 23.2 Å². The Morgan fingerprint density at radius 2 is 1.76 bits per heavy atom. The average Bonchev–Trinajstić information content (AvgIpc) is 2.47. The SMILES string of the molecule is Cc1ccc(C(=O)Cl)c2cc(-c3ccc(Cl)cc3)cnc12. The molecule has 0 amide bonds. The highest BCUT2D eigenvalue weighted by Gasteiger charge is 2.11. The number of pyridine rings is 1. The molecule has 0 radical (unpaired) electrons. The molecule has 0 spiro atoms. The zero-order valence-corrected chi connectivity index (χ0v) is 12.7. The van der Waals surface area contributed by atoms with Gasteiger partial charge in [-0.3, -0.25) is 9.78 Å². The van der Waals surface area contributed by atoms with Gasteiger partial charge in [-0.2, -0.15) is 0 Å². The van der Waals surface area contributed by atoms with E-state index in [1.165, 1.54) is 0 Å². The summed E-state index contributed by atoms with van der Waals surface area (Å²) in [6.45, 7) is 1.96. The number of carbonyl (C=O) groups is 1. The lowest BCUT2D eigenvalue weighted by Crippen LogP contribution is -1.95. The number of benzene rings is 2. The van der Waals surface area contributed by atoms with E-state index in [0.29, 0.717) is 10.6 Å². The highest BCUT2D eigenvalue weighted by Crippen LogP contribution is 2.28. The van der Waals surface area contributed by atoms with Crippen molar-refractivity contribution >= 4 is 39.3 Å². The van der Waals surface area contributed by atoms with E-state index in [2.05, 4.69) is 4.98 Å². The van der Waals surface area contributed by atoms with Crippen molar-refractivity contribution in [1.29, 1.82) is 0 Å². The number of fused-ring (bicyclic) bond motifs is 1. The summed E-state index contributed by atoms with van der Waals surface area (Å²) in [5, 5.41) is 0.970. The van der Waals surface area contributed by atoms with E-state index in [1.54, 1.807) is 12.3 Å². The molecule has 0 bridgehead atoms. The third-order valence-corrected chi connectivity index (χ3v) is 3.90. The number of hydrogen-bond acceptors (Lipinski definition) is 2. The Balaban J connectivity index is 2.25. The van der Waals surface area contributed by atoms with Crippen molar-refractivity contribution in [2.24, 2.45) is 0 Å². The van der Waals surface area contributed by atoms with Crippen LogP contribution in [0.5, 0.6) is 0 Å². The second kappa shape index (κ2) is 5.47. The predicted octanol–water partition coefficient (Wildman–Crippen LogP) is 5.24. The molecule has 0 aliphatic carbocycles. The van der Waals surface area contributed by atoms with Gasteiger partial charge in [-0.05, 0) is 53.9 Å². The summed E-state index contributed by atoms with van der Waals surface area (Å²) in [6, 6.07) is 13.0. The van der Waals surface area contributed by atoms with E-state index < -0.39 is 5.24 Å². The Morgan fingerprint density at radius 1 is 1.05 bits per heavy atom. The highest BCUT2D eigenvalue weighted by atomic mass is 35.5. The van der Waals surface area contributed by atoms with Crippen molar-refractivity contribution in [3.63, 3.8) is 0 Å². The second-order valence-electron chi connectivity index (χ2n) is 4.83. The van der Waals surface area contributed by atoms with Crippen molar-refractivity contribution in [3.05, 3.63) is 64.8 Å². The van der Waals surface area contributed by atoms with Crippen LogP contribution in [0.15, 0.2) is 48.7 Å². The summed E-state index contributed by atoms with van der Waals surface area (Å²) >= 11 is 11.6. The third-order valence-electron chi connectivity index (χ3n) is 3.44. The number of aromatic nitrogens is 1. The summed E-state index contributed by atoms with van der Waals surface area (Å²) in [7, 11) is 0. The molecule has 0 saturated carbocycles. The van der Waals surface area contributed by atoms with Crippen molar-refractivity contribution in [1.82, 2.24) is 4.98 Å². The zero-order valence-electron chi connectivity index (χ0n) is 11.2. The van der Waals surface area contributed by atoms with Crippen LogP contribution in [0, 0.1) is 6.92 Å². The van der Waals surface area contributed by atoms with Crippen LogP contribution in [0.25, 0.3) is 22.0 Å². The standard InChI is InChI=1S/C17H11Cl2NO/c1-10-2-7-14(17(19)21)15-8-12(9-20-16(10)15)11-3-5-13(18)6-4-11/h2-9H,1H3. The van der Waals surface area contributed by atoms with Crippen molar-refractivity contribution in [2.75, 3.05) is 0 Å². The van der Waals surface area contributed by atoms with E-state index in [0.717, 1.165) is 27.6 Å². The van der Waals surface area contributed by atoms with Gasteiger partial charge < -0.3 is 0 Å². The van der Waals surface area contributed by atoms with Crippen LogP contribution >= 0.6 is 23.2 Å². The molecule has 0 saturated heterocycles. The summed E-state index contributed by atoms with van der Waals surface area (Å²) in [4.78, 5) is 16.1. The maximum absolute atomic E-state index is 11.6. The van der Waals surface area contributed by atoms with Crippen LogP contribution in [0.3, 0.4) is 0 Å². The third kappa shape index (κ3) is 2.65. The summed E-state index contributed by atoms with van der Waals surface area (Å²) in [5.41, 5.74) is 4.18. The summed E-state index contributed by atoms with van der Waals surface area (Å²) in [5.74, 6) is 0. The van der Waals surface area contributed by atoms with Crippen molar-refractivity contribution in [2.45, 2.75) is 6.92 Å². The number of rotatable bonds is 2. The van der Waals surface area contributed by atoms with Gasteiger partial charge in [0.15, 0.2) is 0 Å². The van der Waals surface area contributed by atoms with Gasteiger partial charge in [-0.25, -0.2) is 0 Å². The molecule has 21 heavy (non-hydrogen) atoms. The molecule has 0 aliphatic rings. The highest BCUT2D eigenvalue weighted by molar-refractivity contribution is 6.68. The Hall–Kier alpha value is -1.90. The predicted molar refractivity (Wildman–Crippen MR) is 87.1 cm³/mol. The molecular weight excluding hydrogens is 305 g/mol. The molecule has 3 aromatic rings. The maximum atomic E-state index is 11.6. The number of hydrogen-bond donors (Lipinski definition) is 0. The molecule has 104 valence electrons. The van der Waals surface area contributed by atoms with Crippen LogP contribution in [0.4, 0.5) is 0 Å². The largest absolute Gasteiger partial charge is 0.276 e. The summed E-state index contributed by atoms with van der Waals surface area (Å²) < 4.78 is 0. The number of aryl methyl sites for hydroxylation is 1. The van der Waals surface area contributed by atoms with Gasteiger partial charge in [0.2, 0.25) is 0 Å². The molecule has 0 N–H and O–H groups in total. The first-order chi connectivity index (χ1) is 10.1. The number of halogens is 2. The van der Waals surface area contributed by atoms with Gasteiger partial charge in [0.25, 0.3) is 5.24 Å². The van der Waals surface area contributed by atoms with E-state index >= 15 is 0 Å². The van der Waals surface area contributed by atoms with Crippen molar-refractivity contribution < 1.29 is 4.79 Å². The maximum Gasteiger partial charge on any atom is 0.253 e. The molecule has 0 atom stereocenters. The molecule has 1 heterocycles. The number of nitrogens with zero attached hydrogens (tertiary/aromatic N) is 1. The lowest BCUT2D eigenvalue weighted by atomic mass is 10.0. The molecule has 2 aromatic carbocycles. The Kier molecular flexibility index (Phi) is 3.66. The smallest absolute Gasteiger partial charge is 0.253 e. The van der Waals surface area contributed by atoms with Gasteiger partial charge in [0.1, 0.15) is 0 Å². The fourth-order valence-electron chi connectivity index (χ4n) is 2.33. The van der Waals surface area contributed by atoms with Crippen LogP contribution in [0.2, 0.25) is 5.02 Å². The first kappa shape index (κ1) is 14.1. The van der Waals surface area contributed by atoms with Crippen LogP contribution in [-0.2, 0) is 0 Å². The van der Waals surface area contributed by atoms with Gasteiger partial charge in [0.05, 0.1) is 5.52 Å². The van der Waals surface area contributed by atoms with Gasteiger partial charge in [-0.15, -0.1) is 0 Å². The van der Waals surface area contributed by atoms with Crippen LogP contribution in [-0.4, -0.2) is 10.2 Å². The van der Waals surface area contributed by atoms with Crippen LogP contribution in [0.1, 0.15) is 15.9 Å². The first-order valence-electron chi connectivity index (χ1n) is 6.41. The molecule has 2 nitrogen and oxygen atoms in total. The Labute approximate surface area is 132 Å². The first-order valence-corrected chi connectivity index (χ1v) is 7.17. The van der Waals surface area contributed by atoms with E-state index in [1.807, 2.05) is 43.3 Å². The van der Waals surface area contributed by atoms with E-state index in [-0.39, 0.29) is 0 Å². The van der Waals surface area contributed by atoms with Crippen molar-refractivity contribution in [3.8, 4) is 11.1 Å². The molecule has 0 aliphatic heterocycles. The van der Waals surface area contributed by atoms with E-state index in [9.17, 15) is 4.79 Å². The molecule has 0 unspecified atom stereocenters.